The first-order chi connectivity index (χ1) is 6.50. The smallest absolute Gasteiger partial charge is 0.0893 e. The maximum absolute atomic E-state index is 10.1. The topological polar surface area (TPSA) is 47.3 Å². The summed E-state index contributed by atoms with van der Waals surface area (Å²) in [5.74, 6) is -0.231. The standard InChI is InChI=1S/C11H18N2O/c1-7-9(6-12)10(14)11(2,3)13(7)8-4-5-8/h7-10,14H,4-5H2,1-3H3. The van der Waals surface area contributed by atoms with Crippen molar-refractivity contribution in [2.75, 3.05) is 0 Å². The van der Waals surface area contributed by atoms with E-state index < -0.39 is 6.10 Å². The molecule has 0 aromatic rings. The number of aliphatic hydroxyl groups is 1. The van der Waals surface area contributed by atoms with Gasteiger partial charge in [-0.25, -0.2) is 0 Å². The first-order valence-corrected chi connectivity index (χ1v) is 5.36. The highest BCUT2D eigenvalue weighted by Gasteiger charge is 2.55. The molecule has 3 atom stereocenters. The largest absolute Gasteiger partial charge is 0.390 e. The summed E-state index contributed by atoms with van der Waals surface area (Å²) in [6, 6.07) is 3.04. The van der Waals surface area contributed by atoms with Gasteiger partial charge in [-0.3, -0.25) is 4.90 Å². The Morgan fingerprint density at radius 3 is 2.36 bits per heavy atom. The molecule has 3 nitrogen and oxygen atoms in total. The fourth-order valence-electron chi connectivity index (χ4n) is 2.89. The van der Waals surface area contributed by atoms with Crippen LogP contribution in [-0.2, 0) is 0 Å². The van der Waals surface area contributed by atoms with Crippen LogP contribution in [0.5, 0.6) is 0 Å². The normalized spacial score (nSPS) is 42.4. The van der Waals surface area contributed by atoms with E-state index in [0.29, 0.717) is 6.04 Å². The molecule has 2 fully saturated rings. The van der Waals surface area contributed by atoms with Crippen molar-refractivity contribution >= 4 is 0 Å². The second kappa shape index (κ2) is 2.95. The summed E-state index contributed by atoms with van der Waals surface area (Å²) < 4.78 is 0. The zero-order valence-corrected chi connectivity index (χ0v) is 9.07. The molecule has 0 spiro atoms. The molecule has 3 heteroatoms. The number of nitrogens with zero attached hydrogens (tertiary/aromatic N) is 2. The van der Waals surface area contributed by atoms with E-state index in [4.69, 9.17) is 5.26 Å². The van der Waals surface area contributed by atoms with E-state index in [1.165, 1.54) is 12.8 Å². The summed E-state index contributed by atoms with van der Waals surface area (Å²) in [5.41, 5.74) is -0.235. The van der Waals surface area contributed by atoms with Gasteiger partial charge in [-0.15, -0.1) is 0 Å². The maximum atomic E-state index is 10.1. The van der Waals surface area contributed by atoms with Crippen LogP contribution in [0, 0.1) is 17.2 Å². The quantitative estimate of drug-likeness (QED) is 0.680. The molecule has 0 amide bonds. The average molecular weight is 194 g/mol. The predicted octanol–water partition coefficient (Wildman–Crippen LogP) is 1.13. The van der Waals surface area contributed by atoms with Gasteiger partial charge in [0.2, 0.25) is 0 Å². The number of nitriles is 1. The summed E-state index contributed by atoms with van der Waals surface area (Å²) in [5, 5.41) is 19.1. The number of aliphatic hydroxyl groups excluding tert-OH is 1. The fourth-order valence-corrected chi connectivity index (χ4v) is 2.89. The van der Waals surface area contributed by atoms with Crippen LogP contribution in [0.3, 0.4) is 0 Å². The van der Waals surface area contributed by atoms with Gasteiger partial charge >= 0.3 is 0 Å². The van der Waals surface area contributed by atoms with Crippen molar-refractivity contribution < 1.29 is 5.11 Å². The lowest BCUT2D eigenvalue weighted by atomic mass is 9.92. The monoisotopic (exact) mass is 194 g/mol. The first-order valence-electron chi connectivity index (χ1n) is 5.36. The van der Waals surface area contributed by atoms with Gasteiger partial charge in [-0.2, -0.15) is 5.26 Å². The summed E-state index contributed by atoms with van der Waals surface area (Å²) in [6.45, 7) is 6.15. The predicted molar refractivity (Wildman–Crippen MR) is 53.5 cm³/mol. The molecule has 1 heterocycles. The van der Waals surface area contributed by atoms with Crippen molar-refractivity contribution in [3.05, 3.63) is 0 Å². The molecular weight excluding hydrogens is 176 g/mol. The van der Waals surface area contributed by atoms with Crippen molar-refractivity contribution in [2.45, 2.75) is 57.3 Å². The second-order valence-corrected chi connectivity index (χ2v) is 5.13. The van der Waals surface area contributed by atoms with Crippen LogP contribution < -0.4 is 0 Å². The average Bonchev–Trinajstić information content (AvgIpc) is 2.86. The molecule has 0 aromatic carbocycles. The molecule has 1 aliphatic carbocycles. The molecule has 1 aliphatic heterocycles. The van der Waals surface area contributed by atoms with E-state index in [9.17, 15) is 5.11 Å². The molecule has 78 valence electrons. The van der Waals surface area contributed by atoms with Crippen LogP contribution in [0.4, 0.5) is 0 Å². The highest BCUT2D eigenvalue weighted by molar-refractivity contribution is 5.14. The second-order valence-electron chi connectivity index (χ2n) is 5.13. The molecule has 1 N–H and O–H groups in total. The van der Waals surface area contributed by atoms with Crippen LogP contribution in [0.2, 0.25) is 0 Å². The Labute approximate surface area is 85.3 Å². The van der Waals surface area contributed by atoms with Crippen LogP contribution in [0.1, 0.15) is 33.6 Å². The third-order valence-corrected chi connectivity index (χ3v) is 3.78. The van der Waals surface area contributed by atoms with Gasteiger partial charge in [-0.05, 0) is 33.6 Å². The van der Waals surface area contributed by atoms with E-state index in [0.717, 1.165) is 0 Å². The number of likely N-dealkylation sites (tertiary alicyclic amines) is 1. The lowest BCUT2D eigenvalue weighted by Crippen LogP contribution is -2.48. The van der Waals surface area contributed by atoms with E-state index >= 15 is 0 Å². The molecular formula is C11H18N2O. The highest BCUT2D eigenvalue weighted by atomic mass is 16.3. The molecule has 0 bridgehead atoms. The summed E-state index contributed by atoms with van der Waals surface area (Å²) in [6.07, 6.45) is 1.93. The zero-order valence-electron chi connectivity index (χ0n) is 9.07. The van der Waals surface area contributed by atoms with Gasteiger partial charge in [0.25, 0.3) is 0 Å². The number of rotatable bonds is 1. The Bertz CT molecular complexity index is 278. The lowest BCUT2D eigenvalue weighted by molar-refractivity contribution is 0.0382. The minimum absolute atomic E-state index is 0.192. The molecule has 0 radical (unpaired) electrons. The first kappa shape index (κ1) is 9.95. The van der Waals surface area contributed by atoms with Gasteiger partial charge in [0.15, 0.2) is 0 Å². The Morgan fingerprint density at radius 1 is 1.43 bits per heavy atom. The molecule has 3 unspecified atom stereocenters. The summed E-state index contributed by atoms with van der Waals surface area (Å²) >= 11 is 0. The van der Waals surface area contributed by atoms with Crippen LogP contribution in [0.15, 0.2) is 0 Å². The molecule has 1 saturated heterocycles. The van der Waals surface area contributed by atoms with Gasteiger partial charge in [0.05, 0.1) is 18.1 Å². The SMILES string of the molecule is CC1C(C#N)C(O)C(C)(C)N1C1CC1. The van der Waals surface area contributed by atoms with Crippen molar-refractivity contribution in [2.24, 2.45) is 5.92 Å². The zero-order chi connectivity index (χ0) is 10.5. The van der Waals surface area contributed by atoms with Crippen molar-refractivity contribution in [3.63, 3.8) is 0 Å². The Morgan fingerprint density at radius 2 is 2.00 bits per heavy atom. The minimum Gasteiger partial charge on any atom is -0.390 e. The highest BCUT2D eigenvalue weighted by Crippen LogP contribution is 2.45. The van der Waals surface area contributed by atoms with Crippen molar-refractivity contribution in [1.82, 2.24) is 4.90 Å². The Balaban J connectivity index is 2.28. The van der Waals surface area contributed by atoms with E-state index in [2.05, 4.69) is 17.9 Å². The molecule has 14 heavy (non-hydrogen) atoms. The molecule has 2 rings (SSSR count). The lowest BCUT2D eigenvalue weighted by Gasteiger charge is -2.35. The van der Waals surface area contributed by atoms with Crippen molar-refractivity contribution in [1.29, 1.82) is 5.26 Å². The van der Waals surface area contributed by atoms with E-state index in [-0.39, 0.29) is 17.5 Å². The van der Waals surface area contributed by atoms with E-state index in [1.54, 1.807) is 0 Å². The van der Waals surface area contributed by atoms with Gasteiger partial charge < -0.3 is 5.11 Å². The third-order valence-electron chi connectivity index (χ3n) is 3.78. The maximum Gasteiger partial charge on any atom is 0.0893 e. The summed E-state index contributed by atoms with van der Waals surface area (Å²) in [4.78, 5) is 2.34. The number of hydrogen-bond donors (Lipinski definition) is 1. The van der Waals surface area contributed by atoms with Gasteiger partial charge in [-0.1, -0.05) is 0 Å². The Kier molecular flexibility index (Phi) is 2.09. The molecule has 1 saturated carbocycles. The fraction of sp³-hybridized carbons (Fsp3) is 0.909. The van der Waals surface area contributed by atoms with Crippen LogP contribution in [-0.4, -0.2) is 33.7 Å². The molecule has 0 aromatic heterocycles. The van der Waals surface area contributed by atoms with E-state index in [1.807, 2.05) is 13.8 Å². The van der Waals surface area contributed by atoms with Gasteiger partial charge in [0.1, 0.15) is 0 Å². The summed E-state index contributed by atoms with van der Waals surface area (Å²) in [7, 11) is 0. The Hall–Kier alpha value is -0.590. The van der Waals surface area contributed by atoms with Crippen LogP contribution in [0.25, 0.3) is 0 Å². The number of hydrogen-bond acceptors (Lipinski definition) is 3. The van der Waals surface area contributed by atoms with Gasteiger partial charge in [0, 0.05) is 17.6 Å². The molecule has 2 aliphatic rings. The van der Waals surface area contributed by atoms with Crippen LogP contribution >= 0.6 is 0 Å². The minimum atomic E-state index is -0.511. The third kappa shape index (κ3) is 1.18. The van der Waals surface area contributed by atoms with Crippen molar-refractivity contribution in [3.8, 4) is 6.07 Å².